The molecule has 1 fully saturated rings. The molecule has 1 saturated carbocycles. The molecule has 1 aliphatic carbocycles. The summed E-state index contributed by atoms with van der Waals surface area (Å²) in [6, 6.07) is 12.4. The lowest BCUT2D eigenvalue weighted by atomic mass is 10.1. The van der Waals surface area contributed by atoms with Gasteiger partial charge >= 0.3 is 5.97 Å². The summed E-state index contributed by atoms with van der Waals surface area (Å²) in [6.45, 7) is 0. The standard InChI is InChI=1S/C18H18N2O4/c21-17(20-14-8-6-12(10-14)18(22)23)13-7-9-16(19-11-13)24-15-4-2-1-3-5-15/h1-5,7,9,11-12,14H,6,8,10H2,(H,20,21)(H,22,23)/t12-,14+/m0/s1. The second-order valence-electron chi connectivity index (χ2n) is 5.82. The monoisotopic (exact) mass is 326 g/mol. The summed E-state index contributed by atoms with van der Waals surface area (Å²) in [5.74, 6) is -0.326. The third-order valence-electron chi connectivity index (χ3n) is 4.08. The molecule has 0 unspecified atom stereocenters. The predicted molar refractivity (Wildman–Crippen MR) is 87.0 cm³/mol. The molecule has 6 nitrogen and oxygen atoms in total. The molecular weight excluding hydrogens is 308 g/mol. The van der Waals surface area contributed by atoms with E-state index in [9.17, 15) is 9.59 Å². The van der Waals surface area contributed by atoms with Gasteiger partial charge in [0, 0.05) is 18.3 Å². The second kappa shape index (κ2) is 7.12. The maximum Gasteiger partial charge on any atom is 0.306 e. The summed E-state index contributed by atoms with van der Waals surface area (Å²) >= 11 is 0. The number of carbonyl (C=O) groups excluding carboxylic acids is 1. The van der Waals surface area contributed by atoms with Crippen LogP contribution in [0.5, 0.6) is 11.6 Å². The minimum Gasteiger partial charge on any atom is -0.481 e. The van der Waals surface area contributed by atoms with E-state index in [1.807, 2.05) is 30.3 Å². The van der Waals surface area contributed by atoms with Gasteiger partial charge in [0.15, 0.2) is 0 Å². The van der Waals surface area contributed by atoms with Gasteiger partial charge in [0.1, 0.15) is 5.75 Å². The van der Waals surface area contributed by atoms with Crippen LogP contribution in [0.3, 0.4) is 0 Å². The van der Waals surface area contributed by atoms with Gasteiger partial charge in [0.25, 0.3) is 5.91 Å². The number of aliphatic carboxylic acids is 1. The van der Waals surface area contributed by atoms with Gasteiger partial charge in [-0.1, -0.05) is 18.2 Å². The summed E-state index contributed by atoms with van der Waals surface area (Å²) in [5.41, 5.74) is 0.425. The molecular formula is C18H18N2O4. The van der Waals surface area contributed by atoms with E-state index in [4.69, 9.17) is 9.84 Å². The summed E-state index contributed by atoms with van der Waals surface area (Å²) in [4.78, 5) is 27.3. The number of aromatic nitrogens is 1. The minimum atomic E-state index is -0.796. The molecule has 3 rings (SSSR count). The van der Waals surface area contributed by atoms with Gasteiger partial charge in [-0.3, -0.25) is 9.59 Å². The van der Waals surface area contributed by atoms with Gasteiger partial charge in [0.2, 0.25) is 5.88 Å². The molecule has 24 heavy (non-hydrogen) atoms. The number of ether oxygens (including phenoxy) is 1. The van der Waals surface area contributed by atoms with Crippen LogP contribution in [0.4, 0.5) is 0 Å². The molecule has 6 heteroatoms. The number of pyridine rings is 1. The Labute approximate surface area is 139 Å². The molecule has 1 aliphatic rings. The molecule has 2 aromatic rings. The summed E-state index contributed by atoms with van der Waals surface area (Å²) in [5, 5.41) is 11.9. The molecule has 2 atom stereocenters. The van der Waals surface area contributed by atoms with Crippen LogP contribution in [0.2, 0.25) is 0 Å². The van der Waals surface area contributed by atoms with E-state index in [1.165, 1.54) is 6.20 Å². The topological polar surface area (TPSA) is 88.5 Å². The maximum atomic E-state index is 12.2. The molecule has 0 saturated heterocycles. The van der Waals surface area contributed by atoms with Crippen LogP contribution in [-0.4, -0.2) is 28.0 Å². The van der Waals surface area contributed by atoms with E-state index >= 15 is 0 Å². The van der Waals surface area contributed by atoms with Gasteiger partial charge in [0.05, 0.1) is 11.5 Å². The van der Waals surface area contributed by atoms with Crippen molar-refractivity contribution in [2.24, 2.45) is 5.92 Å². The molecule has 2 N–H and O–H groups in total. The average Bonchev–Trinajstić information content (AvgIpc) is 3.05. The van der Waals surface area contributed by atoms with Gasteiger partial charge in [-0.25, -0.2) is 4.98 Å². The lowest BCUT2D eigenvalue weighted by molar-refractivity contribution is -0.141. The lowest BCUT2D eigenvalue weighted by Crippen LogP contribution is -2.33. The normalized spacial score (nSPS) is 19.7. The third kappa shape index (κ3) is 3.90. The number of amides is 1. The van der Waals surface area contributed by atoms with E-state index < -0.39 is 5.97 Å². The number of carboxylic acids is 1. The molecule has 124 valence electrons. The lowest BCUT2D eigenvalue weighted by Gasteiger charge is -2.12. The fourth-order valence-electron chi connectivity index (χ4n) is 2.79. The largest absolute Gasteiger partial charge is 0.481 e. The Morgan fingerprint density at radius 3 is 2.54 bits per heavy atom. The third-order valence-corrected chi connectivity index (χ3v) is 4.08. The highest BCUT2D eigenvalue weighted by Gasteiger charge is 2.30. The number of benzene rings is 1. The molecule has 1 heterocycles. The molecule has 1 aromatic carbocycles. The number of hydrogen-bond donors (Lipinski definition) is 2. The Kier molecular flexibility index (Phi) is 4.74. The Morgan fingerprint density at radius 1 is 1.12 bits per heavy atom. The van der Waals surface area contributed by atoms with Crippen molar-refractivity contribution in [3.8, 4) is 11.6 Å². The maximum absolute atomic E-state index is 12.2. The van der Waals surface area contributed by atoms with Crippen LogP contribution in [-0.2, 0) is 4.79 Å². The quantitative estimate of drug-likeness (QED) is 0.882. The average molecular weight is 326 g/mol. The van der Waals surface area contributed by atoms with Gasteiger partial charge in [-0.05, 0) is 37.5 Å². The first-order chi connectivity index (χ1) is 11.6. The number of rotatable bonds is 5. The van der Waals surface area contributed by atoms with Crippen LogP contribution >= 0.6 is 0 Å². The van der Waals surface area contributed by atoms with Crippen LogP contribution in [0.25, 0.3) is 0 Å². The molecule has 0 aliphatic heterocycles. The Morgan fingerprint density at radius 2 is 1.92 bits per heavy atom. The van der Waals surface area contributed by atoms with Crippen molar-refractivity contribution < 1.29 is 19.4 Å². The van der Waals surface area contributed by atoms with E-state index in [1.54, 1.807) is 12.1 Å². The molecule has 0 spiro atoms. The smallest absolute Gasteiger partial charge is 0.306 e. The Bertz CT molecular complexity index is 716. The first-order valence-electron chi connectivity index (χ1n) is 7.84. The van der Waals surface area contributed by atoms with Crippen molar-refractivity contribution in [2.75, 3.05) is 0 Å². The van der Waals surface area contributed by atoms with Crippen molar-refractivity contribution in [3.63, 3.8) is 0 Å². The van der Waals surface area contributed by atoms with Crippen LogP contribution in [0, 0.1) is 5.92 Å². The van der Waals surface area contributed by atoms with Gasteiger partial charge < -0.3 is 15.2 Å². The van der Waals surface area contributed by atoms with Crippen molar-refractivity contribution in [1.29, 1.82) is 0 Å². The minimum absolute atomic E-state index is 0.0983. The zero-order valence-electron chi connectivity index (χ0n) is 13.0. The van der Waals surface area contributed by atoms with E-state index in [0.29, 0.717) is 36.5 Å². The zero-order valence-corrected chi connectivity index (χ0v) is 13.0. The van der Waals surface area contributed by atoms with Crippen molar-refractivity contribution in [1.82, 2.24) is 10.3 Å². The molecule has 0 bridgehead atoms. The number of carboxylic acid groups (broad SMARTS) is 1. The highest BCUT2D eigenvalue weighted by atomic mass is 16.5. The van der Waals surface area contributed by atoms with Crippen molar-refractivity contribution >= 4 is 11.9 Å². The fourth-order valence-corrected chi connectivity index (χ4v) is 2.79. The van der Waals surface area contributed by atoms with Crippen LogP contribution < -0.4 is 10.1 Å². The van der Waals surface area contributed by atoms with E-state index in [0.717, 1.165) is 0 Å². The van der Waals surface area contributed by atoms with E-state index in [2.05, 4.69) is 10.3 Å². The highest BCUT2D eigenvalue weighted by molar-refractivity contribution is 5.94. The van der Waals surface area contributed by atoms with Crippen molar-refractivity contribution in [2.45, 2.75) is 25.3 Å². The second-order valence-corrected chi connectivity index (χ2v) is 5.82. The summed E-state index contributed by atoms with van der Waals surface area (Å²) in [6.07, 6.45) is 3.22. The fraction of sp³-hybridized carbons (Fsp3) is 0.278. The highest BCUT2D eigenvalue weighted by Crippen LogP contribution is 2.26. The van der Waals surface area contributed by atoms with Gasteiger partial charge in [-0.15, -0.1) is 0 Å². The van der Waals surface area contributed by atoms with Crippen LogP contribution in [0.1, 0.15) is 29.6 Å². The summed E-state index contributed by atoms with van der Waals surface area (Å²) < 4.78 is 5.58. The van der Waals surface area contributed by atoms with Crippen LogP contribution in [0.15, 0.2) is 48.7 Å². The summed E-state index contributed by atoms with van der Waals surface area (Å²) in [7, 11) is 0. The number of nitrogens with zero attached hydrogens (tertiary/aromatic N) is 1. The Balaban J connectivity index is 1.57. The number of hydrogen-bond acceptors (Lipinski definition) is 4. The molecule has 0 radical (unpaired) electrons. The first-order valence-corrected chi connectivity index (χ1v) is 7.84. The molecule has 1 amide bonds. The van der Waals surface area contributed by atoms with Gasteiger partial charge in [-0.2, -0.15) is 0 Å². The predicted octanol–water partition coefficient (Wildman–Crippen LogP) is 2.86. The SMILES string of the molecule is O=C(N[C@@H]1CC[C@H](C(=O)O)C1)c1ccc(Oc2ccccc2)nc1. The van der Waals surface area contributed by atoms with Crippen molar-refractivity contribution in [3.05, 3.63) is 54.2 Å². The first kappa shape index (κ1) is 16.0. The number of carbonyl (C=O) groups is 2. The number of nitrogens with one attached hydrogen (secondary N) is 1. The Hall–Kier alpha value is -2.89. The zero-order chi connectivity index (χ0) is 16.9. The number of para-hydroxylation sites is 1. The van der Waals surface area contributed by atoms with E-state index in [-0.39, 0.29) is 17.9 Å². The molecule has 1 aromatic heterocycles.